The summed E-state index contributed by atoms with van der Waals surface area (Å²) in [5, 5.41) is 15.3. The van der Waals surface area contributed by atoms with Crippen molar-refractivity contribution in [3.05, 3.63) is 21.6 Å². The van der Waals surface area contributed by atoms with Crippen molar-refractivity contribution in [3.63, 3.8) is 0 Å². The van der Waals surface area contributed by atoms with Crippen LogP contribution in [0.1, 0.15) is 11.3 Å². The van der Waals surface area contributed by atoms with Gasteiger partial charge in [-0.05, 0) is 23.9 Å². The molecule has 1 heterocycles. The lowest BCUT2D eigenvalue weighted by molar-refractivity contribution is 0.123. The van der Waals surface area contributed by atoms with Crippen molar-refractivity contribution in [3.8, 4) is 0 Å². The molecule has 0 saturated carbocycles. The van der Waals surface area contributed by atoms with Gasteiger partial charge in [-0.2, -0.15) is 0 Å². The van der Waals surface area contributed by atoms with Crippen LogP contribution in [-0.2, 0) is 0 Å². The third-order valence-electron chi connectivity index (χ3n) is 1.32. The molecule has 0 aliphatic heterocycles. The van der Waals surface area contributed by atoms with Crippen molar-refractivity contribution < 1.29 is 5.21 Å². The van der Waals surface area contributed by atoms with Crippen LogP contribution in [0.3, 0.4) is 0 Å². The Morgan fingerprint density at radius 1 is 1.50 bits per heavy atom. The van der Waals surface area contributed by atoms with E-state index in [0.717, 1.165) is 0 Å². The summed E-state index contributed by atoms with van der Waals surface area (Å²) in [6.45, 7) is 3.24. The average Bonchev–Trinajstić information content (AvgIpc) is 1.93. The van der Waals surface area contributed by atoms with Crippen LogP contribution in [0.5, 0.6) is 0 Å². The second-order valence-electron chi connectivity index (χ2n) is 1.99. The highest BCUT2D eigenvalue weighted by Gasteiger charge is 2.01. The Kier molecular flexibility index (Phi) is 1.41. The molecule has 1 rings (SSSR count). The van der Waals surface area contributed by atoms with E-state index in [4.69, 9.17) is 5.21 Å². The zero-order valence-electron chi connectivity index (χ0n) is 5.70. The minimum absolute atomic E-state index is 0.225. The van der Waals surface area contributed by atoms with Crippen LogP contribution in [0.4, 0.5) is 0 Å². The Morgan fingerprint density at radius 3 is 2.60 bits per heavy atom. The largest absolute Gasteiger partial charge is 0.407 e. The number of nitrogens with zero attached hydrogens (tertiary/aromatic N) is 3. The molecule has 5 heteroatoms. The molecule has 1 N–H and O–H groups in total. The third kappa shape index (κ3) is 0.854. The topological polar surface area (TPSA) is 68.0 Å². The van der Waals surface area contributed by atoms with Gasteiger partial charge in [0.1, 0.15) is 0 Å². The van der Waals surface area contributed by atoms with Gasteiger partial charge in [0.05, 0.1) is 5.69 Å². The first-order chi connectivity index (χ1) is 4.63. The van der Waals surface area contributed by atoms with Crippen LogP contribution in [0.2, 0.25) is 0 Å². The van der Waals surface area contributed by atoms with Crippen LogP contribution in [0, 0.1) is 13.8 Å². The Bertz CT molecular complexity index is 304. The molecule has 0 spiro atoms. The molecule has 1 aromatic rings. The molecule has 0 aromatic carbocycles. The average molecular weight is 141 g/mol. The summed E-state index contributed by atoms with van der Waals surface area (Å²) in [5.41, 5.74) is 0.431. The molecule has 0 aliphatic carbocycles. The number of aryl methyl sites for hydroxylation is 1. The van der Waals surface area contributed by atoms with E-state index in [1.54, 1.807) is 13.8 Å². The van der Waals surface area contributed by atoms with Gasteiger partial charge in [0.25, 0.3) is 0 Å². The second-order valence-corrected chi connectivity index (χ2v) is 1.99. The molecule has 0 bridgehead atoms. The van der Waals surface area contributed by atoms with E-state index >= 15 is 0 Å². The monoisotopic (exact) mass is 141 g/mol. The van der Waals surface area contributed by atoms with Crippen molar-refractivity contribution in [1.82, 2.24) is 15.2 Å². The minimum Gasteiger partial charge on any atom is -0.407 e. The van der Waals surface area contributed by atoms with E-state index in [1.165, 1.54) is 0 Å². The van der Waals surface area contributed by atoms with Crippen molar-refractivity contribution in [1.29, 1.82) is 0 Å². The number of aromatic nitrogens is 3. The molecule has 10 heavy (non-hydrogen) atoms. The van der Waals surface area contributed by atoms with Crippen LogP contribution < -0.4 is 5.56 Å². The summed E-state index contributed by atoms with van der Waals surface area (Å²) in [5.74, 6) is 0. The van der Waals surface area contributed by atoms with Gasteiger partial charge in [-0.1, -0.05) is 0 Å². The molecule has 5 nitrogen and oxygen atoms in total. The summed E-state index contributed by atoms with van der Waals surface area (Å²) in [6, 6.07) is 0. The molecule has 0 amide bonds. The quantitative estimate of drug-likeness (QED) is 0.494. The van der Waals surface area contributed by atoms with Crippen LogP contribution in [-0.4, -0.2) is 20.4 Å². The fourth-order valence-electron chi connectivity index (χ4n) is 0.530. The van der Waals surface area contributed by atoms with Crippen molar-refractivity contribution >= 4 is 0 Å². The van der Waals surface area contributed by atoms with Gasteiger partial charge < -0.3 is 5.21 Å². The Labute approximate surface area is 56.9 Å². The van der Waals surface area contributed by atoms with Gasteiger partial charge in [0, 0.05) is 5.56 Å². The van der Waals surface area contributed by atoms with Gasteiger partial charge in [-0.25, -0.2) is 0 Å². The highest BCUT2D eigenvalue weighted by atomic mass is 16.5. The fraction of sp³-hybridized carbons (Fsp3) is 0.400. The highest BCUT2D eigenvalue weighted by Crippen LogP contribution is 1.90. The van der Waals surface area contributed by atoms with Crippen molar-refractivity contribution in [2.45, 2.75) is 13.8 Å². The minimum atomic E-state index is -0.521. The lowest BCUT2D eigenvalue weighted by atomic mass is 10.3. The number of hydrogen-bond donors (Lipinski definition) is 1. The Balaban J connectivity index is 3.50. The third-order valence-corrected chi connectivity index (χ3v) is 1.32. The van der Waals surface area contributed by atoms with Gasteiger partial charge in [-0.15, -0.1) is 5.10 Å². The molecule has 0 radical (unpaired) electrons. The summed E-state index contributed by atoms with van der Waals surface area (Å²) in [7, 11) is 0. The lowest BCUT2D eigenvalue weighted by Gasteiger charge is -1.95. The normalized spacial score (nSPS) is 9.80. The molecule has 0 aliphatic rings. The highest BCUT2D eigenvalue weighted by molar-refractivity contribution is 5.09. The molecule has 0 saturated heterocycles. The zero-order chi connectivity index (χ0) is 7.72. The first-order valence-corrected chi connectivity index (χ1v) is 2.75. The van der Waals surface area contributed by atoms with Gasteiger partial charge in [0.15, 0.2) is 0 Å². The molecule has 1 aromatic heterocycles. The van der Waals surface area contributed by atoms with Gasteiger partial charge in [-0.3, -0.25) is 4.79 Å². The molecule has 54 valence electrons. The standard InChI is InChI=1S/C5H7N3O2/c1-3-4(2)6-7-8(10)5(3)9/h10H,1-2H3. The van der Waals surface area contributed by atoms with Crippen LogP contribution in [0.25, 0.3) is 0 Å². The SMILES string of the molecule is Cc1nnn(O)c(=O)c1C. The number of hydrogen-bond acceptors (Lipinski definition) is 4. The predicted octanol–water partition coefficient (Wildman–Crippen LogP) is -0.508. The molecular formula is C5H7N3O2. The zero-order valence-corrected chi connectivity index (χ0v) is 5.70. The van der Waals surface area contributed by atoms with Gasteiger partial charge in [0.2, 0.25) is 0 Å². The molecular weight excluding hydrogens is 134 g/mol. The van der Waals surface area contributed by atoms with Crippen molar-refractivity contribution in [2.24, 2.45) is 0 Å². The van der Waals surface area contributed by atoms with Crippen LogP contribution in [0.15, 0.2) is 4.79 Å². The van der Waals surface area contributed by atoms with E-state index in [-0.39, 0.29) is 4.85 Å². The molecule has 0 atom stereocenters. The van der Waals surface area contributed by atoms with E-state index in [0.29, 0.717) is 11.3 Å². The Hall–Kier alpha value is -1.39. The molecule has 0 unspecified atom stereocenters. The Morgan fingerprint density at radius 2 is 2.10 bits per heavy atom. The summed E-state index contributed by atoms with van der Waals surface area (Å²) in [4.78, 5) is 11.0. The van der Waals surface area contributed by atoms with E-state index in [9.17, 15) is 4.79 Å². The maximum atomic E-state index is 10.8. The number of rotatable bonds is 0. The summed E-state index contributed by atoms with van der Waals surface area (Å²) in [6.07, 6.45) is 0. The predicted molar refractivity (Wildman–Crippen MR) is 33.0 cm³/mol. The maximum absolute atomic E-state index is 10.8. The van der Waals surface area contributed by atoms with Crippen LogP contribution >= 0.6 is 0 Å². The van der Waals surface area contributed by atoms with E-state index in [2.05, 4.69) is 10.3 Å². The first-order valence-electron chi connectivity index (χ1n) is 2.75. The van der Waals surface area contributed by atoms with Crippen molar-refractivity contribution in [2.75, 3.05) is 0 Å². The van der Waals surface area contributed by atoms with E-state index in [1.807, 2.05) is 0 Å². The summed E-state index contributed by atoms with van der Waals surface area (Å²) < 4.78 is 0. The summed E-state index contributed by atoms with van der Waals surface area (Å²) >= 11 is 0. The lowest BCUT2D eigenvalue weighted by Crippen LogP contribution is -2.25. The smallest absolute Gasteiger partial charge is 0.309 e. The fourth-order valence-corrected chi connectivity index (χ4v) is 0.530. The molecule has 0 fully saturated rings. The maximum Gasteiger partial charge on any atom is 0.309 e. The second kappa shape index (κ2) is 2.09. The van der Waals surface area contributed by atoms with E-state index < -0.39 is 5.56 Å². The first kappa shape index (κ1) is 6.73. The van der Waals surface area contributed by atoms with Gasteiger partial charge >= 0.3 is 5.56 Å².